The number of hydrogen-bond acceptors (Lipinski definition) is 3. The van der Waals surface area contributed by atoms with Gasteiger partial charge < -0.3 is 5.73 Å². The molecule has 0 spiro atoms. The Labute approximate surface area is 97.9 Å². The molecular formula is C12H13FN2S. The van der Waals surface area contributed by atoms with E-state index in [-0.39, 0.29) is 11.9 Å². The standard InChI is InChI=1S/C12H13FN2S/c1-7-8(2)16-12(15-7)11(14)9-3-5-10(13)6-4-9/h3-6,11H,14H2,1-2H3. The zero-order chi connectivity index (χ0) is 11.7. The lowest BCUT2D eigenvalue weighted by atomic mass is 10.1. The smallest absolute Gasteiger partial charge is 0.123 e. The average molecular weight is 236 g/mol. The van der Waals surface area contributed by atoms with Gasteiger partial charge in [0.05, 0.1) is 11.7 Å². The Bertz CT molecular complexity index is 471. The van der Waals surface area contributed by atoms with Crippen LogP contribution in [0.25, 0.3) is 0 Å². The lowest BCUT2D eigenvalue weighted by Crippen LogP contribution is -2.11. The zero-order valence-electron chi connectivity index (χ0n) is 9.20. The summed E-state index contributed by atoms with van der Waals surface area (Å²) < 4.78 is 12.8. The quantitative estimate of drug-likeness (QED) is 0.870. The van der Waals surface area contributed by atoms with E-state index in [1.54, 1.807) is 23.5 Å². The highest BCUT2D eigenvalue weighted by molar-refractivity contribution is 7.11. The van der Waals surface area contributed by atoms with Crippen LogP contribution in [0.5, 0.6) is 0 Å². The van der Waals surface area contributed by atoms with Crippen LogP contribution in [0.15, 0.2) is 24.3 Å². The molecule has 0 aliphatic heterocycles. The van der Waals surface area contributed by atoms with Crippen molar-refractivity contribution in [1.82, 2.24) is 4.98 Å². The number of aryl methyl sites for hydroxylation is 2. The first-order valence-corrected chi connectivity index (χ1v) is 5.84. The average Bonchev–Trinajstić information content (AvgIpc) is 2.59. The fraction of sp³-hybridized carbons (Fsp3) is 0.250. The monoisotopic (exact) mass is 236 g/mol. The molecule has 1 heterocycles. The molecule has 2 rings (SSSR count). The summed E-state index contributed by atoms with van der Waals surface area (Å²) in [5.41, 5.74) is 7.97. The van der Waals surface area contributed by atoms with Crippen molar-refractivity contribution in [3.63, 3.8) is 0 Å². The SMILES string of the molecule is Cc1nc(C(N)c2ccc(F)cc2)sc1C. The van der Waals surface area contributed by atoms with Crippen molar-refractivity contribution in [2.45, 2.75) is 19.9 Å². The minimum atomic E-state index is -0.266. The fourth-order valence-corrected chi connectivity index (χ4v) is 2.40. The second-order valence-electron chi connectivity index (χ2n) is 3.72. The van der Waals surface area contributed by atoms with Crippen LogP contribution in [0.3, 0.4) is 0 Å². The lowest BCUT2D eigenvalue weighted by molar-refractivity contribution is 0.626. The van der Waals surface area contributed by atoms with Crippen molar-refractivity contribution < 1.29 is 4.39 Å². The molecule has 0 saturated carbocycles. The molecule has 16 heavy (non-hydrogen) atoms. The van der Waals surface area contributed by atoms with Crippen molar-refractivity contribution in [3.8, 4) is 0 Å². The molecule has 4 heteroatoms. The van der Waals surface area contributed by atoms with Crippen molar-refractivity contribution in [3.05, 3.63) is 51.2 Å². The highest BCUT2D eigenvalue weighted by atomic mass is 32.1. The summed E-state index contributed by atoms with van der Waals surface area (Å²) in [5, 5.41) is 0.876. The fourth-order valence-electron chi connectivity index (χ4n) is 1.44. The first kappa shape index (κ1) is 11.2. The summed E-state index contributed by atoms with van der Waals surface area (Å²) in [6, 6.07) is 5.97. The molecule has 1 aromatic carbocycles. The number of benzene rings is 1. The largest absolute Gasteiger partial charge is 0.318 e. The molecule has 2 N–H and O–H groups in total. The Morgan fingerprint density at radius 2 is 1.88 bits per heavy atom. The number of nitrogens with two attached hydrogens (primary N) is 1. The maximum absolute atomic E-state index is 12.8. The molecule has 0 aliphatic rings. The number of rotatable bonds is 2. The third-order valence-electron chi connectivity index (χ3n) is 2.54. The van der Waals surface area contributed by atoms with E-state index in [4.69, 9.17) is 5.73 Å². The van der Waals surface area contributed by atoms with Crippen LogP contribution >= 0.6 is 11.3 Å². The molecule has 0 aliphatic carbocycles. The molecule has 0 saturated heterocycles. The maximum Gasteiger partial charge on any atom is 0.123 e. The van der Waals surface area contributed by atoms with Crippen molar-refractivity contribution in [2.75, 3.05) is 0 Å². The first-order valence-electron chi connectivity index (χ1n) is 5.03. The number of nitrogens with zero attached hydrogens (tertiary/aromatic N) is 1. The molecule has 0 fully saturated rings. The van der Waals surface area contributed by atoms with Crippen LogP contribution < -0.4 is 5.73 Å². The molecule has 0 amide bonds. The predicted molar refractivity (Wildman–Crippen MR) is 64.0 cm³/mol. The van der Waals surface area contributed by atoms with Gasteiger partial charge in [0.2, 0.25) is 0 Å². The molecule has 84 valence electrons. The highest BCUT2D eigenvalue weighted by Gasteiger charge is 2.14. The van der Waals surface area contributed by atoms with E-state index in [2.05, 4.69) is 4.98 Å². The predicted octanol–water partition coefficient (Wildman–Crippen LogP) is 2.95. The van der Waals surface area contributed by atoms with Gasteiger partial charge in [0, 0.05) is 4.88 Å². The van der Waals surface area contributed by atoms with Crippen LogP contribution in [-0.2, 0) is 0 Å². The van der Waals surface area contributed by atoms with Gasteiger partial charge >= 0.3 is 0 Å². The molecule has 0 radical (unpaired) electrons. The van der Waals surface area contributed by atoms with Gasteiger partial charge in [-0.25, -0.2) is 9.37 Å². The second kappa shape index (κ2) is 4.31. The molecule has 1 atom stereocenters. The zero-order valence-corrected chi connectivity index (χ0v) is 10.0. The normalized spacial score (nSPS) is 12.8. The Balaban J connectivity index is 2.31. The van der Waals surface area contributed by atoms with Crippen molar-refractivity contribution >= 4 is 11.3 Å². The summed E-state index contributed by atoms with van der Waals surface area (Å²) in [5.74, 6) is -0.248. The van der Waals surface area contributed by atoms with Crippen LogP contribution in [-0.4, -0.2) is 4.98 Å². The molecule has 1 unspecified atom stereocenters. The molecule has 2 nitrogen and oxygen atoms in total. The summed E-state index contributed by atoms with van der Waals surface area (Å²) >= 11 is 1.59. The van der Waals surface area contributed by atoms with Crippen molar-refractivity contribution in [2.24, 2.45) is 5.73 Å². The van der Waals surface area contributed by atoms with Gasteiger partial charge in [-0.05, 0) is 31.5 Å². The van der Waals surface area contributed by atoms with Crippen molar-refractivity contribution in [1.29, 1.82) is 0 Å². The summed E-state index contributed by atoms with van der Waals surface area (Å²) in [6.07, 6.45) is 0. The molecular weight excluding hydrogens is 223 g/mol. The third-order valence-corrected chi connectivity index (χ3v) is 3.70. The maximum atomic E-state index is 12.8. The Morgan fingerprint density at radius 1 is 1.25 bits per heavy atom. The summed E-state index contributed by atoms with van der Waals surface area (Å²) in [7, 11) is 0. The van der Waals surface area contributed by atoms with Gasteiger partial charge in [-0.15, -0.1) is 11.3 Å². The number of aromatic nitrogens is 1. The van der Waals surface area contributed by atoms with Gasteiger partial charge in [-0.2, -0.15) is 0 Å². The number of hydrogen-bond donors (Lipinski definition) is 1. The number of halogens is 1. The molecule has 0 bridgehead atoms. The van der Waals surface area contributed by atoms with Crippen LogP contribution in [0, 0.1) is 19.7 Å². The number of thiazole rings is 1. The van der Waals surface area contributed by atoms with Crippen LogP contribution in [0.2, 0.25) is 0 Å². The Hall–Kier alpha value is -1.26. The van der Waals surface area contributed by atoms with E-state index >= 15 is 0 Å². The van der Waals surface area contributed by atoms with E-state index in [0.717, 1.165) is 16.3 Å². The summed E-state index contributed by atoms with van der Waals surface area (Å²) in [6.45, 7) is 3.99. The third kappa shape index (κ3) is 2.13. The first-order chi connectivity index (χ1) is 7.58. The van der Waals surface area contributed by atoms with Crippen LogP contribution in [0.4, 0.5) is 4.39 Å². The van der Waals surface area contributed by atoms with Crippen LogP contribution in [0.1, 0.15) is 27.2 Å². The van der Waals surface area contributed by atoms with Gasteiger partial charge in [0.15, 0.2) is 0 Å². The Kier molecular flexibility index (Phi) is 3.03. The summed E-state index contributed by atoms with van der Waals surface area (Å²) in [4.78, 5) is 5.58. The molecule has 1 aromatic heterocycles. The minimum Gasteiger partial charge on any atom is -0.318 e. The topological polar surface area (TPSA) is 38.9 Å². The van der Waals surface area contributed by atoms with E-state index in [1.165, 1.54) is 17.0 Å². The van der Waals surface area contributed by atoms with E-state index in [0.29, 0.717) is 0 Å². The van der Waals surface area contributed by atoms with E-state index < -0.39 is 0 Å². The van der Waals surface area contributed by atoms with Gasteiger partial charge in [-0.1, -0.05) is 12.1 Å². The van der Waals surface area contributed by atoms with Gasteiger partial charge in [0.25, 0.3) is 0 Å². The second-order valence-corrected chi connectivity index (χ2v) is 4.96. The van der Waals surface area contributed by atoms with E-state index in [1.807, 2.05) is 13.8 Å². The van der Waals surface area contributed by atoms with Gasteiger partial charge in [-0.3, -0.25) is 0 Å². The molecule has 2 aromatic rings. The Morgan fingerprint density at radius 3 is 2.38 bits per heavy atom. The highest BCUT2D eigenvalue weighted by Crippen LogP contribution is 2.26. The lowest BCUT2D eigenvalue weighted by Gasteiger charge is -2.08. The minimum absolute atomic E-state index is 0.248. The van der Waals surface area contributed by atoms with Gasteiger partial charge in [0.1, 0.15) is 10.8 Å². The van der Waals surface area contributed by atoms with E-state index in [9.17, 15) is 4.39 Å².